The van der Waals surface area contributed by atoms with E-state index in [1.165, 1.54) is 5.56 Å². The highest BCUT2D eigenvalue weighted by Gasteiger charge is 2.32. The molecule has 8 rings (SSSR count). The van der Waals surface area contributed by atoms with Crippen LogP contribution in [0.3, 0.4) is 0 Å². The molecule has 0 saturated carbocycles. The maximum absolute atomic E-state index is 13.8. The molecule has 0 fully saturated rings. The highest BCUT2D eigenvalue weighted by molar-refractivity contribution is 6.34. The van der Waals surface area contributed by atoms with E-state index in [2.05, 4.69) is 48.3 Å². The van der Waals surface area contributed by atoms with Crippen LogP contribution in [-0.2, 0) is 11.2 Å². The summed E-state index contributed by atoms with van der Waals surface area (Å²) in [5, 5.41) is 7.13. The molecule has 2 heterocycles. The van der Waals surface area contributed by atoms with Gasteiger partial charge in [-0.15, -0.1) is 0 Å². The van der Waals surface area contributed by atoms with E-state index in [1.807, 2.05) is 36.5 Å². The van der Waals surface area contributed by atoms with Crippen LogP contribution in [0, 0.1) is 0 Å². The molecule has 6 nitrogen and oxygen atoms in total. The van der Waals surface area contributed by atoms with Crippen LogP contribution in [0.1, 0.15) is 21.5 Å². The molecule has 0 saturated heterocycles. The standard InChI is InChI=1S/C36H28N2O4/c1-38-16-14-20-18-26(41-3)36(42-4)32-24-12-8-6-10-22(24)30(34(38)28(20)32)29-21-9-5-7-11-23(21)31-27-19(13-15-37-33(27)29)17-25(40-2)35(31)39/h5-13,15,17-18H,14,16H2,1-4H3. The zero-order chi connectivity index (χ0) is 28.7. The number of carbonyl (C=O) groups is 1. The first kappa shape index (κ1) is 24.7. The lowest BCUT2D eigenvalue weighted by Crippen LogP contribution is -2.25. The molecular weight excluding hydrogens is 524 g/mol. The van der Waals surface area contributed by atoms with Gasteiger partial charge in [0.15, 0.2) is 17.3 Å². The number of rotatable bonds is 4. The van der Waals surface area contributed by atoms with E-state index in [4.69, 9.17) is 19.2 Å². The lowest BCUT2D eigenvalue weighted by Gasteiger charge is -2.33. The monoisotopic (exact) mass is 552 g/mol. The quantitative estimate of drug-likeness (QED) is 0.166. The average molecular weight is 553 g/mol. The Kier molecular flexibility index (Phi) is 5.26. The van der Waals surface area contributed by atoms with Crippen molar-refractivity contribution in [1.82, 2.24) is 4.98 Å². The number of nitrogens with zero attached hydrogens (tertiary/aromatic N) is 2. The summed E-state index contributed by atoms with van der Waals surface area (Å²) in [7, 11) is 7.11. The predicted octanol–water partition coefficient (Wildman–Crippen LogP) is 7.55. The number of ether oxygens (including phenoxy) is 3. The van der Waals surface area contributed by atoms with Gasteiger partial charge in [-0.25, -0.2) is 0 Å². The maximum Gasteiger partial charge on any atom is 0.228 e. The van der Waals surface area contributed by atoms with Gasteiger partial charge in [0.25, 0.3) is 0 Å². The second kappa shape index (κ2) is 8.95. The topological polar surface area (TPSA) is 60.9 Å². The van der Waals surface area contributed by atoms with Crippen LogP contribution in [0.15, 0.2) is 72.6 Å². The molecule has 1 aromatic heterocycles. The molecule has 0 unspecified atom stereocenters. The zero-order valence-corrected chi connectivity index (χ0v) is 23.9. The second-order valence-electron chi connectivity index (χ2n) is 10.9. The maximum atomic E-state index is 13.8. The van der Waals surface area contributed by atoms with Gasteiger partial charge in [-0.05, 0) is 57.3 Å². The summed E-state index contributed by atoms with van der Waals surface area (Å²) in [5.74, 6) is 1.69. The second-order valence-corrected chi connectivity index (χ2v) is 10.9. The minimum atomic E-state index is -0.119. The molecule has 0 bridgehead atoms. The van der Waals surface area contributed by atoms with E-state index in [-0.39, 0.29) is 5.78 Å². The SMILES string of the molecule is COC1=Cc2ccnc3c(-c4c5c6c(cc(OC)c(OC)c6c6ccccc46)CCN5C)c4ccccc4c(c23)C1=O. The van der Waals surface area contributed by atoms with Gasteiger partial charge < -0.3 is 19.1 Å². The summed E-state index contributed by atoms with van der Waals surface area (Å²) >= 11 is 0. The predicted molar refractivity (Wildman–Crippen MR) is 169 cm³/mol. The number of pyridine rings is 1. The molecule has 0 radical (unpaired) electrons. The van der Waals surface area contributed by atoms with Gasteiger partial charge in [-0.2, -0.15) is 0 Å². The summed E-state index contributed by atoms with van der Waals surface area (Å²) in [4.78, 5) is 21.1. The number of ketones is 1. The Morgan fingerprint density at radius 2 is 1.45 bits per heavy atom. The average Bonchev–Trinajstić information content (AvgIpc) is 3.03. The van der Waals surface area contributed by atoms with Gasteiger partial charge in [-0.1, -0.05) is 48.5 Å². The number of Topliss-reactive ketones (excluding diaryl/α,β-unsaturated/α-hetero) is 1. The lowest BCUT2D eigenvalue weighted by atomic mass is 9.81. The molecular formula is C36H28N2O4. The van der Waals surface area contributed by atoms with Crippen LogP contribution >= 0.6 is 0 Å². The number of fused-ring (bicyclic) bond motifs is 4. The zero-order valence-electron chi connectivity index (χ0n) is 23.9. The number of likely N-dealkylation sites (N-methyl/N-ethyl adjacent to an activating group) is 1. The third kappa shape index (κ3) is 3.09. The molecule has 0 atom stereocenters. The number of methoxy groups -OCH3 is 3. The summed E-state index contributed by atoms with van der Waals surface area (Å²) in [5.41, 5.74) is 6.87. The lowest BCUT2D eigenvalue weighted by molar-refractivity contribution is 0.0959. The van der Waals surface area contributed by atoms with Crippen molar-refractivity contribution in [3.63, 3.8) is 0 Å². The van der Waals surface area contributed by atoms with Crippen LogP contribution in [-0.4, -0.2) is 45.7 Å². The Bertz CT molecular complexity index is 2200. The van der Waals surface area contributed by atoms with Crippen LogP contribution < -0.4 is 14.4 Å². The fraction of sp³-hybridized carbons (Fsp3) is 0.167. The van der Waals surface area contributed by atoms with E-state index < -0.39 is 0 Å². The highest BCUT2D eigenvalue weighted by Crippen LogP contribution is 2.54. The Hall–Kier alpha value is -5.10. The highest BCUT2D eigenvalue weighted by atomic mass is 16.5. The number of hydrogen-bond acceptors (Lipinski definition) is 6. The minimum Gasteiger partial charge on any atom is -0.493 e. The van der Waals surface area contributed by atoms with Gasteiger partial charge in [0.05, 0.1) is 32.5 Å². The largest absolute Gasteiger partial charge is 0.493 e. The van der Waals surface area contributed by atoms with Crippen molar-refractivity contribution in [3.05, 3.63) is 89.3 Å². The molecule has 0 spiro atoms. The van der Waals surface area contributed by atoms with E-state index in [9.17, 15) is 4.79 Å². The summed E-state index contributed by atoms with van der Waals surface area (Å²) < 4.78 is 17.4. The molecule has 1 aliphatic heterocycles. The number of carbonyl (C=O) groups excluding carboxylic acids is 1. The van der Waals surface area contributed by atoms with Crippen LogP contribution in [0.4, 0.5) is 5.69 Å². The van der Waals surface area contributed by atoms with E-state index >= 15 is 0 Å². The number of aromatic nitrogens is 1. The van der Waals surface area contributed by atoms with Crippen molar-refractivity contribution in [2.75, 3.05) is 39.8 Å². The Morgan fingerprint density at radius 1 is 0.762 bits per heavy atom. The summed E-state index contributed by atoms with van der Waals surface area (Å²) in [6.45, 7) is 0.855. The molecule has 206 valence electrons. The number of benzene rings is 5. The Labute approximate surface area is 242 Å². The Balaban J connectivity index is 1.67. The molecule has 2 aliphatic rings. The molecule has 0 N–H and O–H groups in total. The normalized spacial score (nSPS) is 14.1. The fourth-order valence-electron chi connectivity index (χ4n) is 7.18. The molecule has 0 amide bonds. The van der Waals surface area contributed by atoms with Crippen molar-refractivity contribution < 1.29 is 19.0 Å². The van der Waals surface area contributed by atoms with Crippen LogP contribution in [0.5, 0.6) is 11.5 Å². The third-order valence-electron chi connectivity index (χ3n) is 8.93. The van der Waals surface area contributed by atoms with Gasteiger partial charge >= 0.3 is 0 Å². The van der Waals surface area contributed by atoms with E-state index in [0.717, 1.165) is 90.1 Å². The van der Waals surface area contributed by atoms with Gasteiger partial charge in [0.2, 0.25) is 5.78 Å². The van der Waals surface area contributed by atoms with Crippen molar-refractivity contribution in [1.29, 1.82) is 0 Å². The van der Waals surface area contributed by atoms with E-state index in [0.29, 0.717) is 11.3 Å². The van der Waals surface area contributed by atoms with Crippen LogP contribution in [0.2, 0.25) is 0 Å². The van der Waals surface area contributed by atoms with Crippen LogP contribution in [0.25, 0.3) is 60.4 Å². The van der Waals surface area contributed by atoms with Crippen molar-refractivity contribution >= 4 is 60.8 Å². The molecule has 1 aliphatic carbocycles. The number of anilines is 1. The summed E-state index contributed by atoms with van der Waals surface area (Å²) in [6.07, 6.45) is 4.55. The number of hydrogen-bond donors (Lipinski definition) is 0. The number of allylic oxidation sites excluding steroid dienone is 1. The Morgan fingerprint density at radius 3 is 2.14 bits per heavy atom. The first-order valence-electron chi connectivity index (χ1n) is 14.0. The molecule has 5 aromatic carbocycles. The molecule has 6 heteroatoms. The van der Waals surface area contributed by atoms with Gasteiger partial charge in [0, 0.05) is 52.6 Å². The van der Waals surface area contributed by atoms with Crippen molar-refractivity contribution in [2.45, 2.75) is 6.42 Å². The molecule has 42 heavy (non-hydrogen) atoms. The van der Waals surface area contributed by atoms with E-state index in [1.54, 1.807) is 21.3 Å². The van der Waals surface area contributed by atoms with Crippen molar-refractivity contribution in [2.24, 2.45) is 0 Å². The first-order valence-corrected chi connectivity index (χ1v) is 14.0. The fourth-order valence-corrected chi connectivity index (χ4v) is 7.18. The minimum absolute atomic E-state index is 0.119. The van der Waals surface area contributed by atoms with Gasteiger partial charge in [0.1, 0.15) is 0 Å². The van der Waals surface area contributed by atoms with Gasteiger partial charge in [-0.3, -0.25) is 9.78 Å². The molecule has 6 aromatic rings. The summed E-state index contributed by atoms with van der Waals surface area (Å²) in [6, 6.07) is 20.8. The smallest absolute Gasteiger partial charge is 0.228 e. The first-order chi connectivity index (χ1) is 20.6. The van der Waals surface area contributed by atoms with Crippen molar-refractivity contribution in [3.8, 4) is 22.6 Å². The third-order valence-corrected chi connectivity index (χ3v) is 8.93.